The lowest BCUT2D eigenvalue weighted by Gasteiger charge is -2.17. The highest BCUT2D eigenvalue weighted by molar-refractivity contribution is 7.51. The van der Waals surface area contributed by atoms with E-state index in [1.807, 2.05) is 30.3 Å². The van der Waals surface area contributed by atoms with Crippen LogP contribution in [0.3, 0.4) is 0 Å². The van der Waals surface area contributed by atoms with E-state index in [0.717, 1.165) is 5.56 Å². The SMILES string of the molecule is O=P(O)(O)COCC1O[C@@H](n2cnc3c(NCc4ccccc4)nc(Cl)nc32)[C@H](O)[C@@H]1O. The minimum Gasteiger partial charge on any atom is -0.387 e. The monoisotopic (exact) mass is 485 g/mol. The molecular weight excluding hydrogens is 465 g/mol. The molecule has 14 heteroatoms. The van der Waals surface area contributed by atoms with Crippen molar-refractivity contribution in [3.05, 3.63) is 47.5 Å². The van der Waals surface area contributed by atoms with Crippen LogP contribution in [0, 0.1) is 0 Å². The fourth-order valence-corrected chi connectivity index (χ4v) is 3.87. The first-order valence-corrected chi connectivity index (χ1v) is 11.7. The quantitative estimate of drug-likeness (QED) is 0.226. The Kier molecular flexibility index (Phi) is 6.75. The summed E-state index contributed by atoms with van der Waals surface area (Å²) in [5.41, 5.74) is 1.68. The van der Waals surface area contributed by atoms with Gasteiger partial charge >= 0.3 is 7.60 Å². The number of aliphatic hydroxyl groups excluding tert-OH is 2. The van der Waals surface area contributed by atoms with E-state index >= 15 is 0 Å². The number of aliphatic hydroxyl groups is 2. The summed E-state index contributed by atoms with van der Waals surface area (Å²) < 4.78 is 22.9. The van der Waals surface area contributed by atoms with E-state index in [1.54, 1.807) is 0 Å². The third-order valence-corrected chi connectivity index (χ3v) is 5.54. The fourth-order valence-electron chi connectivity index (χ4n) is 3.37. The van der Waals surface area contributed by atoms with Gasteiger partial charge in [0.15, 0.2) is 23.2 Å². The van der Waals surface area contributed by atoms with Crippen LogP contribution in [-0.2, 0) is 20.6 Å². The Hall–Kier alpha value is -2.15. The zero-order chi connectivity index (χ0) is 22.9. The third-order valence-electron chi connectivity index (χ3n) is 4.85. The van der Waals surface area contributed by atoms with Gasteiger partial charge in [-0.1, -0.05) is 30.3 Å². The Labute approximate surface area is 187 Å². The highest BCUT2D eigenvalue weighted by Gasteiger charge is 2.44. The van der Waals surface area contributed by atoms with Gasteiger partial charge in [0.2, 0.25) is 5.28 Å². The summed E-state index contributed by atoms with van der Waals surface area (Å²) in [6, 6.07) is 9.64. The van der Waals surface area contributed by atoms with Crippen LogP contribution in [0.4, 0.5) is 5.82 Å². The normalized spacial score (nSPS) is 23.7. The van der Waals surface area contributed by atoms with Crippen LogP contribution >= 0.6 is 19.2 Å². The summed E-state index contributed by atoms with van der Waals surface area (Å²) in [6.07, 6.45) is -4.28. The van der Waals surface area contributed by atoms with Crippen LogP contribution in [0.15, 0.2) is 36.7 Å². The maximum atomic E-state index is 10.9. The van der Waals surface area contributed by atoms with E-state index in [9.17, 15) is 14.8 Å². The second kappa shape index (κ2) is 9.38. The Balaban J connectivity index is 1.54. The molecule has 4 rings (SSSR count). The highest BCUT2D eigenvalue weighted by Crippen LogP contribution is 2.36. The van der Waals surface area contributed by atoms with E-state index in [4.69, 9.17) is 30.9 Å². The highest BCUT2D eigenvalue weighted by atomic mass is 35.5. The predicted molar refractivity (Wildman–Crippen MR) is 113 cm³/mol. The Bertz CT molecular complexity index is 1130. The molecule has 3 aromatic rings. The number of hydrogen-bond acceptors (Lipinski definition) is 9. The number of nitrogens with one attached hydrogen (secondary N) is 1. The lowest BCUT2D eigenvalue weighted by atomic mass is 10.1. The number of ether oxygens (including phenoxy) is 2. The molecule has 0 spiro atoms. The van der Waals surface area contributed by atoms with Gasteiger partial charge in [0.05, 0.1) is 12.9 Å². The number of hydrogen-bond donors (Lipinski definition) is 5. The van der Waals surface area contributed by atoms with Crippen LogP contribution in [0.5, 0.6) is 0 Å². The molecule has 172 valence electrons. The van der Waals surface area contributed by atoms with E-state index in [0.29, 0.717) is 17.9 Å². The van der Waals surface area contributed by atoms with Crippen LogP contribution in [0.1, 0.15) is 11.8 Å². The molecule has 3 heterocycles. The molecule has 1 aliphatic rings. The van der Waals surface area contributed by atoms with Gasteiger partial charge in [-0.05, 0) is 17.2 Å². The maximum Gasteiger partial charge on any atom is 0.350 e. The number of anilines is 1. The summed E-state index contributed by atoms with van der Waals surface area (Å²) in [5, 5.41) is 23.9. The number of rotatable bonds is 8. The number of aromatic nitrogens is 4. The Morgan fingerprint density at radius 1 is 1.19 bits per heavy atom. The average molecular weight is 486 g/mol. The van der Waals surface area contributed by atoms with Crippen molar-refractivity contribution in [3.63, 3.8) is 0 Å². The molecule has 0 radical (unpaired) electrons. The van der Waals surface area contributed by atoms with Crippen molar-refractivity contribution >= 4 is 36.2 Å². The van der Waals surface area contributed by atoms with Crippen molar-refractivity contribution < 1.29 is 34.0 Å². The molecule has 0 bridgehead atoms. The van der Waals surface area contributed by atoms with Gasteiger partial charge in [-0.2, -0.15) is 9.97 Å². The molecule has 12 nitrogen and oxygen atoms in total. The molecule has 1 saturated heterocycles. The van der Waals surface area contributed by atoms with Gasteiger partial charge in [0.1, 0.15) is 24.7 Å². The lowest BCUT2D eigenvalue weighted by Crippen LogP contribution is -2.33. The van der Waals surface area contributed by atoms with Crippen molar-refractivity contribution in [3.8, 4) is 0 Å². The van der Waals surface area contributed by atoms with Crippen molar-refractivity contribution in [2.45, 2.75) is 31.1 Å². The first kappa shape index (κ1) is 23.0. The minimum atomic E-state index is -4.37. The second-order valence-corrected chi connectivity index (χ2v) is 9.14. The smallest absolute Gasteiger partial charge is 0.350 e. The number of halogens is 1. The first-order chi connectivity index (χ1) is 15.2. The summed E-state index contributed by atoms with van der Waals surface area (Å²) in [4.78, 5) is 30.5. The predicted octanol–water partition coefficient (Wildman–Crippen LogP) is 0.863. The average Bonchev–Trinajstić information content (AvgIpc) is 3.28. The molecule has 0 aliphatic carbocycles. The maximum absolute atomic E-state index is 10.9. The van der Waals surface area contributed by atoms with Crippen LogP contribution < -0.4 is 5.32 Å². The van der Waals surface area contributed by atoms with Crippen molar-refractivity contribution in [2.75, 3.05) is 18.3 Å². The van der Waals surface area contributed by atoms with Gasteiger partial charge in [0.25, 0.3) is 0 Å². The molecule has 32 heavy (non-hydrogen) atoms. The van der Waals surface area contributed by atoms with E-state index in [1.165, 1.54) is 10.9 Å². The number of imidazole rings is 1. The van der Waals surface area contributed by atoms with E-state index < -0.39 is 38.5 Å². The minimum absolute atomic E-state index is 0.0515. The lowest BCUT2D eigenvalue weighted by molar-refractivity contribution is -0.0612. The molecule has 0 amide bonds. The third kappa shape index (κ3) is 5.08. The summed E-state index contributed by atoms with van der Waals surface area (Å²) >= 11 is 6.10. The largest absolute Gasteiger partial charge is 0.387 e. The molecule has 4 atom stereocenters. The standard InChI is InChI=1S/C18H21ClN5O7P/c19-18-22-15(20-6-10-4-2-1-3-5-10)12-16(23-18)24(8-21-12)17-14(26)13(25)11(31-17)7-30-9-32(27,28)29/h1-5,8,11,13-14,17,25-26H,6-7,9H2,(H,20,22,23)(H2,27,28,29)/t11?,13-,14-,17-/m1/s1. The number of benzene rings is 1. The zero-order valence-electron chi connectivity index (χ0n) is 16.5. The van der Waals surface area contributed by atoms with Gasteiger partial charge in [-0.3, -0.25) is 9.13 Å². The van der Waals surface area contributed by atoms with Gasteiger partial charge in [-0.25, -0.2) is 4.98 Å². The first-order valence-electron chi connectivity index (χ1n) is 9.55. The molecule has 1 aromatic carbocycles. The Morgan fingerprint density at radius 2 is 1.94 bits per heavy atom. The molecule has 1 fully saturated rings. The summed E-state index contributed by atoms with van der Waals surface area (Å²) in [6.45, 7) is 0.141. The summed E-state index contributed by atoms with van der Waals surface area (Å²) in [7, 11) is -4.37. The fraction of sp³-hybridized carbons (Fsp3) is 0.389. The molecular formula is C18H21ClN5O7P. The van der Waals surface area contributed by atoms with Crippen molar-refractivity contribution in [2.24, 2.45) is 0 Å². The second-order valence-electron chi connectivity index (χ2n) is 7.22. The zero-order valence-corrected chi connectivity index (χ0v) is 18.2. The number of fused-ring (bicyclic) bond motifs is 1. The van der Waals surface area contributed by atoms with E-state index in [2.05, 4.69) is 20.3 Å². The van der Waals surface area contributed by atoms with Crippen molar-refractivity contribution in [1.82, 2.24) is 19.5 Å². The molecule has 5 N–H and O–H groups in total. The molecule has 2 aromatic heterocycles. The van der Waals surface area contributed by atoms with E-state index in [-0.39, 0.29) is 17.5 Å². The van der Waals surface area contributed by atoms with Crippen molar-refractivity contribution in [1.29, 1.82) is 0 Å². The van der Waals surface area contributed by atoms with Crippen LogP contribution in [0.25, 0.3) is 11.2 Å². The topological polar surface area (TPSA) is 172 Å². The number of nitrogens with zero attached hydrogens (tertiary/aromatic N) is 4. The van der Waals surface area contributed by atoms with Gasteiger partial charge in [0, 0.05) is 6.54 Å². The van der Waals surface area contributed by atoms with Gasteiger partial charge in [-0.15, -0.1) is 0 Å². The van der Waals surface area contributed by atoms with Gasteiger partial charge < -0.3 is 34.8 Å². The van der Waals surface area contributed by atoms with Crippen LogP contribution in [0.2, 0.25) is 5.28 Å². The van der Waals surface area contributed by atoms with Crippen LogP contribution in [-0.4, -0.2) is 70.8 Å². The molecule has 1 aliphatic heterocycles. The molecule has 1 unspecified atom stereocenters. The Morgan fingerprint density at radius 3 is 2.66 bits per heavy atom. The summed E-state index contributed by atoms with van der Waals surface area (Å²) in [5.74, 6) is 0.386. The molecule has 0 saturated carbocycles.